The molecule has 2 aromatic rings. The maximum Gasteiger partial charge on any atom is 0.254 e. The number of furan rings is 1. The first-order valence-corrected chi connectivity index (χ1v) is 8.68. The van der Waals surface area contributed by atoms with Crippen LogP contribution in [0.4, 0.5) is 0 Å². The molecule has 1 aromatic carbocycles. The van der Waals surface area contributed by atoms with E-state index in [1.165, 1.54) is 29.2 Å². The van der Waals surface area contributed by atoms with Crippen molar-refractivity contribution in [3.8, 4) is 0 Å². The second-order valence-electron chi connectivity index (χ2n) is 5.54. The van der Waals surface area contributed by atoms with Gasteiger partial charge in [-0.05, 0) is 50.2 Å². The molecule has 23 heavy (non-hydrogen) atoms. The Morgan fingerprint density at radius 1 is 1.22 bits per heavy atom. The molecule has 0 fully saturated rings. The van der Waals surface area contributed by atoms with Crippen molar-refractivity contribution in [2.75, 3.05) is 7.05 Å². The van der Waals surface area contributed by atoms with Crippen molar-refractivity contribution < 1.29 is 17.6 Å². The third-order valence-corrected chi connectivity index (χ3v) is 4.80. The van der Waals surface area contributed by atoms with Gasteiger partial charge < -0.3 is 9.32 Å². The zero-order chi connectivity index (χ0) is 17.0. The first-order chi connectivity index (χ1) is 10.8. The first kappa shape index (κ1) is 17.2. The lowest BCUT2D eigenvalue weighted by Gasteiger charge is -2.16. The highest BCUT2D eigenvalue weighted by molar-refractivity contribution is 7.89. The lowest BCUT2D eigenvalue weighted by atomic mass is 10.2. The van der Waals surface area contributed by atoms with Crippen molar-refractivity contribution in [3.63, 3.8) is 0 Å². The Kier molecular flexibility index (Phi) is 5.23. The Bertz CT molecular complexity index is 750. The Labute approximate surface area is 136 Å². The summed E-state index contributed by atoms with van der Waals surface area (Å²) in [5, 5.41) is 0. The van der Waals surface area contributed by atoms with Gasteiger partial charge in [-0.3, -0.25) is 4.79 Å². The number of carbonyl (C=O) groups is 1. The van der Waals surface area contributed by atoms with Crippen molar-refractivity contribution in [2.45, 2.75) is 31.3 Å². The number of sulfonamides is 1. The molecule has 0 spiro atoms. The second kappa shape index (κ2) is 6.97. The van der Waals surface area contributed by atoms with Gasteiger partial charge in [-0.15, -0.1) is 0 Å². The summed E-state index contributed by atoms with van der Waals surface area (Å²) >= 11 is 0. The summed E-state index contributed by atoms with van der Waals surface area (Å²) in [6.45, 7) is 3.85. The Morgan fingerprint density at radius 3 is 2.39 bits per heavy atom. The van der Waals surface area contributed by atoms with E-state index in [0.29, 0.717) is 17.9 Å². The fourth-order valence-electron chi connectivity index (χ4n) is 2.08. The summed E-state index contributed by atoms with van der Waals surface area (Å²) in [5.74, 6) is 0.475. The van der Waals surface area contributed by atoms with Crippen molar-refractivity contribution >= 4 is 15.9 Å². The Hall–Kier alpha value is -2.12. The van der Waals surface area contributed by atoms with Crippen LogP contribution < -0.4 is 4.72 Å². The highest BCUT2D eigenvalue weighted by atomic mass is 32.2. The number of benzene rings is 1. The van der Waals surface area contributed by atoms with Gasteiger partial charge in [0.1, 0.15) is 5.76 Å². The molecule has 0 aliphatic rings. The number of hydrogen-bond donors (Lipinski definition) is 1. The van der Waals surface area contributed by atoms with Gasteiger partial charge in [0.05, 0.1) is 17.7 Å². The quantitative estimate of drug-likeness (QED) is 0.877. The number of amides is 1. The van der Waals surface area contributed by atoms with Crippen molar-refractivity contribution in [1.82, 2.24) is 9.62 Å². The minimum atomic E-state index is -3.55. The normalized spacial score (nSPS) is 11.7. The van der Waals surface area contributed by atoms with Gasteiger partial charge in [-0.25, -0.2) is 13.1 Å². The van der Waals surface area contributed by atoms with Crippen molar-refractivity contribution in [2.24, 2.45) is 0 Å². The van der Waals surface area contributed by atoms with E-state index >= 15 is 0 Å². The van der Waals surface area contributed by atoms with E-state index in [9.17, 15) is 13.2 Å². The van der Waals surface area contributed by atoms with Crippen LogP contribution in [0.1, 0.15) is 30.0 Å². The molecule has 0 aliphatic carbocycles. The average molecular weight is 336 g/mol. The smallest absolute Gasteiger partial charge is 0.254 e. The zero-order valence-electron chi connectivity index (χ0n) is 13.3. The zero-order valence-corrected chi connectivity index (χ0v) is 14.1. The molecule has 0 unspecified atom stereocenters. The highest BCUT2D eigenvalue weighted by Gasteiger charge is 2.17. The largest absolute Gasteiger partial charge is 0.467 e. The molecule has 124 valence electrons. The molecule has 0 saturated carbocycles. The molecule has 0 atom stereocenters. The van der Waals surface area contributed by atoms with E-state index in [1.54, 1.807) is 39.3 Å². The van der Waals surface area contributed by atoms with E-state index in [-0.39, 0.29) is 16.8 Å². The molecule has 2 rings (SSSR count). The summed E-state index contributed by atoms with van der Waals surface area (Å²) in [7, 11) is -1.89. The SMILES string of the molecule is CC(C)NS(=O)(=O)c1ccc(C(=O)N(C)Cc2ccco2)cc1. The van der Waals surface area contributed by atoms with Gasteiger partial charge in [-0.1, -0.05) is 0 Å². The summed E-state index contributed by atoms with van der Waals surface area (Å²) in [4.78, 5) is 14.0. The lowest BCUT2D eigenvalue weighted by Crippen LogP contribution is -2.30. The van der Waals surface area contributed by atoms with Crippen LogP contribution in [-0.2, 0) is 16.6 Å². The average Bonchev–Trinajstić information content (AvgIpc) is 2.98. The first-order valence-electron chi connectivity index (χ1n) is 7.20. The van der Waals surface area contributed by atoms with Gasteiger partial charge in [0.15, 0.2) is 0 Å². The topological polar surface area (TPSA) is 79.6 Å². The van der Waals surface area contributed by atoms with Crippen molar-refractivity contribution in [3.05, 3.63) is 54.0 Å². The van der Waals surface area contributed by atoms with Gasteiger partial charge in [0.2, 0.25) is 10.0 Å². The van der Waals surface area contributed by atoms with E-state index in [4.69, 9.17) is 4.42 Å². The molecular weight excluding hydrogens is 316 g/mol. The third-order valence-electron chi connectivity index (χ3n) is 3.12. The fourth-order valence-corrected chi connectivity index (χ4v) is 3.33. The van der Waals surface area contributed by atoms with Crippen LogP contribution in [0.25, 0.3) is 0 Å². The Morgan fingerprint density at radius 2 is 1.87 bits per heavy atom. The van der Waals surface area contributed by atoms with Gasteiger partial charge in [0, 0.05) is 18.7 Å². The molecular formula is C16H20N2O4S. The van der Waals surface area contributed by atoms with Gasteiger partial charge >= 0.3 is 0 Å². The van der Waals surface area contributed by atoms with Crippen LogP contribution in [0.15, 0.2) is 52.0 Å². The van der Waals surface area contributed by atoms with Crippen LogP contribution >= 0.6 is 0 Å². The van der Waals surface area contributed by atoms with Gasteiger partial charge in [-0.2, -0.15) is 0 Å². The standard InChI is InChI=1S/C16H20N2O4S/c1-12(2)17-23(20,21)15-8-6-13(7-9-15)16(19)18(3)11-14-5-4-10-22-14/h4-10,12,17H,11H2,1-3H3. The number of nitrogens with one attached hydrogen (secondary N) is 1. The predicted molar refractivity (Wildman–Crippen MR) is 86.4 cm³/mol. The fraction of sp³-hybridized carbons (Fsp3) is 0.312. The van der Waals surface area contributed by atoms with E-state index in [2.05, 4.69) is 4.72 Å². The van der Waals surface area contributed by atoms with E-state index in [1.807, 2.05) is 0 Å². The van der Waals surface area contributed by atoms with Crippen LogP contribution in [0.3, 0.4) is 0 Å². The number of rotatable bonds is 6. The molecule has 0 aliphatic heterocycles. The molecule has 0 radical (unpaired) electrons. The van der Waals surface area contributed by atoms with Crippen LogP contribution in [0.2, 0.25) is 0 Å². The van der Waals surface area contributed by atoms with Crippen LogP contribution in [0, 0.1) is 0 Å². The maximum atomic E-state index is 12.3. The Balaban J connectivity index is 2.11. The maximum absolute atomic E-state index is 12.3. The van der Waals surface area contributed by atoms with Crippen molar-refractivity contribution in [1.29, 1.82) is 0 Å². The number of nitrogens with zero attached hydrogens (tertiary/aromatic N) is 1. The highest BCUT2D eigenvalue weighted by Crippen LogP contribution is 2.14. The summed E-state index contributed by atoms with van der Waals surface area (Å²) in [6.07, 6.45) is 1.55. The van der Waals surface area contributed by atoms with Crippen LogP contribution in [-0.4, -0.2) is 32.3 Å². The molecule has 0 bridgehead atoms. The minimum absolute atomic E-state index is 0.136. The molecule has 6 nitrogen and oxygen atoms in total. The molecule has 1 aromatic heterocycles. The summed E-state index contributed by atoms with van der Waals surface area (Å²) in [5.41, 5.74) is 0.419. The number of carbonyl (C=O) groups excluding carboxylic acids is 1. The molecule has 1 N–H and O–H groups in total. The monoisotopic (exact) mass is 336 g/mol. The van der Waals surface area contributed by atoms with Crippen LogP contribution in [0.5, 0.6) is 0 Å². The molecule has 7 heteroatoms. The third kappa shape index (κ3) is 4.43. The summed E-state index contributed by atoms with van der Waals surface area (Å²) < 4.78 is 31.8. The molecule has 0 saturated heterocycles. The van der Waals surface area contributed by atoms with E-state index in [0.717, 1.165) is 0 Å². The predicted octanol–water partition coefficient (Wildman–Crippen LogP) is 2.24. The number of hydrogen-bond acceptors (Lipinski definition) is 4. The lowest BCUT2D eigenvalue weighted by molar-refractivity contribution is 0.0775. The molecule has 1 amide bonds. The minimum Gasteiger partial charge on any atom is -0.467 e. The second-order valence-corrected chi connectivity index (χ2v) is 7.25. The molecule has 1 heterocycles. The summed E-state index contributed by atoms with van der Waals surface area (Å²) in [6, 6.07) is 9.23. The van der Waals surface area contributed by atoms with Gasteiger partial charge in [0.25, 0.3) is 5.91 Å². The van der Waals surface area contributed by atoms with E-state index < -0.39 is 10.0 Å².